The number of carbonyl (C=O) groups is 1. The SMILES string of the molecule is COC1=C[C@@]23CCN(S(C)(=O)=O)[C@H](Cc4cc(OC)c(OC)cc42)C3=CC1=O. The smallest absolute Gasteiger partial charge is 0.220 e. The summed E-state index contributed by atoms with van der Waals surface area (Å²) < 4.78 is 42.6. The van der Waals surface area contributed by atoms with Crippen molar-refractivity contribution < 1.29 is 27.4 Å². The number of hydrogen-bond donors (Lipinski definition) is 0. The number of fused-ring (bicyclic) bond motifs is 1. The van der Waals surface area contributed by atoms with Gasteiger partial charge in [0.25, 0.3) is 0 Å². The fourth-order valence-corrected chi connectivity index (χ4v) is 5.85. The molecule has 1 fully saturated rings. The van der Waals surface area contributed by atoms with Gasteiger partial charge in [0.2, 0.25) is 15.8 Å². The highest BCUT2D eigenvalue weighted by Crippen LogP contribution is 2.54. The summed E-state index contributed by atoms with van der Waals surface area (Å²) in [4.78, 5) is 12.5. The Kier molecular flexibility index (Phi) is 4.31. The molecule has 150 valence electrons. The van der Waals surface area contributed by atoms with Gasteiger partial charge in [-0.05, 0) is 53.8 Å². The predicted octanol–water partition coefficient (Wildman–Crippen LogP) is 1.57. The van der Waals surface area contributed by atoms with E-state index in [2.05, 4.69) is 0 Å². The van der Waals surface area contributed by atoms with E-state index in [1.54, 1.807) is 20.3 Å². The zero-order valence-electron chi connectivity index (χ0n) is 16.3. The van der Waals surface area contributed by atoms with E-state index in [0.29, 0.717) is 30.9 Å². The van der Waals surface area contributed by atoms with Crippen molar-refractivity contribution in [1.29, 1.82) is 0 Å². The molecular formula is C20H23NO6S. The summed E-state index contributed by atoms with van der Waals surface area (Å²) in [6.07, 6.45) is 5.61. The molecule has 3 aliphatic rings. The highest BCUT2D eigenvalue weighted by atomic mass is 32.2. The quantitative estimate of drug-likeness (QED) is 0.756. The molecule has 1 aliphatic heterocycles. The van der Waals surface area contributed by atoms with Gasteiger partial charge in [0.05, 0.1) is 33.6 Å². The number of sulfonamides is 1. The molecule has 0 amide bonds. The lowest BCUT2D eigenvalue weighted by molar-refractivity contribution is -0.114. The van der Waals surface area contributed by atoms with Crippen molar-refractivity contribution in [2.24, 2.45) is 0 Å². The molecule has 1 aromatic rings. The molecule has 0 spiro atoms. The highest BCUT2D eigenvalue weighted by molar-refractivity contribution is 7.88. The van der Waals surface area contributed by atoms with Gasteiger partial charge in [-0.15, -0.1) is 0 Å². The van der Waals surface area contributed by atoms with Crippen LogP contribution in [0, 0.1) is 0 Å². The van der Waals surface area contributed by atoms with Gasteiger partial charge >= 0.3 is 0 Å². The van der Waals surface area contributed by atoms with Crippen molar-refractivity contribution >= 4 is 15.8 Å². The summed E-state index contributed by atoms with van der Waals surface area (Å²) >= 11 is 0. The van der Waals surface area contributed by atoms with E-state index in [9.17, 15) is 13.2 Å². The molecule has 2 aliphatic carbocycles. The highest BCUT2D eigenvalue weighted by Gasteiger charge is 2.53. The van der Waals surface area contributed by atoms with Crippen LogP contribution in [0.2, 0.25) is 0 Å². The first-order valence-corrected chi connectivity index (χ1v) is 10.9. The second kappa shape index (κ2) is 6.35. The Morgan fingerprint density at radius 2 is 1.79 bits per heavy atom. The average molecular weight is 405 g/mol. The van der Waals surface area contributed by atoms with Gasteiger partial charge in [-0.1, -0.05) is 0 Å². The summed E-state index contributed by atoms with van der Waals surface area (Å²) in [7, 11) is 1.20. The van der Waals surface area contributed by atoms with E-state index >= 15 is 0 Å². The molecule has 0 aromatic heterocycles. The Hall–Kier alpha value is -2.32. The van der Waals surface area contributed by atoms with Gasteiger partial charge in [-0.25, -0.2) is 8.42 Å². The maximum Gasteiger partial charge on any atom is 0.220 e. The minimum atomic E-state index is -3.42. The van der Waals surface area contributed by atoms with Crippen molar-refractivity contribution in [2.45, 2.75) is 24.3 Å². The van der Waals surface area contributed by atoms with Crippen LogP contribution in [0.1, 0.15) is 17.5 Å². The molecule has 0 saturated carbocycles. The van der Waals surface area contributed by atoms with Gasteiger partial charge < -0.3 is 14.2 Å². The molecule has 1 aromatic carbocycles. The summed E-state index contributed by atoms with van der Waals surface area (Å²) in [5.74, 6) is 1.23. The molecule has 1 heterocycles. The van der Waals surface area contributed by atoms with Crippen LogP contribution in [-0.2, 0) is 31.4 Å². The number of carbonyl (C=O) groups excluding carboxylic acids is 1. The fourth-order valence-electron chi connectivity index (χ4n) is 4.78. The van der Waals surface area contributed by atoms with Crippen LogP contribution in [0.4, 0.5) is 0 Å². The van der Waals surface area contributed by atoms with Gasteiger partial charge in [-0.3, -0.25) is 4.79 Å². The molecule has 2 bridgehead atoms. The summed E-state index contributed by atoms with van der Waals surface area (Å²) in [5.41, 5.74) is 2.19. The van der Waals surface area contributed by atoms with E-state index in [0.717, 1.165) is 16.7 Å². The van der Waals surface area contributed by atoms with Crippen LogP contribution in [-0.4, -0.2) is 58.7 Å². The van der Waals surface area contributed by atoms with E-state index in [1.807, 2.05) is 18.2 Å². The maximum absolute atomic E-state index is 12.5. The largest absolute Gasteiger partial charge is 0.493 e. The zero-order valence-corrected chi connectivity index (χ0v) is 17.1. The van der Waals surface area contributed by atoms with Crippen molar-refractivity contribution in [3.63, 3.8) is 0 Å². The molecule has 0 radical (unpaired) electrons. The number of nitrogens with zero attached hydrogens (tertiary/aromatic N) is 1. The second-order valence-corrected chi connectivity index (χ2v) is 9.29. The van der Waals surface area contributed by atoms with Crippen molar-refractivity contribution in [1.82, 2.24) is 4.31 Å². The number of methoxy groups -OCH3 is 3. The third-order valence-corrected chi connectivity index (χ3v) is 7.29. The van der Waals surface area contributed by atoms with E-state index in [1.165, 1.54) is 17.7 Å². The van der Waals surface area contributed by atoms with E-state index in [4.69, 9.17) is 14.2 Å². The molecule has 4 rings (SSSR count). The second-order valence-electron chi connectivity index (χ2n) is 7.36. The lowest BCUT2D eigenvalue weighted by Gasteiger charge is -2.52. The Balaban J connectivity index is 2.00. The number of benzene rings is 1. The molecule has 8 heteroatoms. The number of piperidine rings is 1. The van der Waals surface area contributed by atoms with Crippen LogP contribution < -0.4 is 9.47 Å². The Labute approximate surface area is 164 Å². The van der Waals surface area contributed by atoms with Gasteiger partial charge in [0.1, 0.15) is 0 Å². The van der Waals surface area contributed by atoms with Crippen molar-refractivity contribution in [3.05, 3.63) is 46.7 Å². The standard InChI is InChI=1S/C20H23NO6S/c1-25-17-8-12-7-15-14-9-16(22)19(27-3)11-20(14,13(12)10-18(17)26-2)5-6-21(15)28(4,23)24/h8-11,15H,5-7H2,1-4H3/t15-,20+/m1/s1. The molecule has 28 heavy (non-hydrogen) atoms. The predicted molar refractivity (Wildman–Crippen MR) is 103 cm³/mol. The van der Waals surface area contributed by atoms with E-state index in [-0.39, 0.29) is 11.5 Å². The van der Waals surface area contributed by atoms with Crippen LogP contribution in [0.5, 0.6) is 11.5 Å². The first-order valence-electron chi connectivity index (χ1n) is 9.00. The molecule has 0 unspecified atom stereocenters. The minimum Gasteiger partial charge on any atom is -0.493 e. The summed E-state index contributed by atoms with van der Waals surface area (Å²) in [5, 5.41) is 0. The number of hydrogen-bond acceptors (Lipinski definition) is 6. The van der Waals surface area contributed by atoms with Crippen LogP contribution >= 0.6 is 0 Å². The fraction of sp³-hybridized carbons (Fsp3) is 0.450. The summed E-state index contributed by atoms with van der Waals surface area (Å²) in [6, 6.07) is 3.43. The van der Waals surface area contributed by atoms with Crippen LogP contribution in [0.3, 0.4) is 0 Å². The Morgan fingerprint density at radius 3 is 2.39 bits per heavy atom. The van der Waals surface area contributed by atoms with E-state index < -0.39 is 21.5 Å². The number of ether oxygens (including phenoxy) is 3. The topological polar surface area (TPSA) is 82.1 Å². The number of rotatable bonds is 4. The molecular weight excluding hydrogens is 382 g/mol. The maximum atomic E-state index is 12.5. The third kappa shape index (κ3) is 2.58. The van der Waals surface area contributed by atoms with Gasteiger partial charge in [0, 0.05) is 12.0 Å². The van der Waals surface area contributed by atoms with Crippen molar-refractivity contribution in [2.75, 3.05) is 34.1 Å². The minimum absolute atomic E-state index is 0.239. The molecule has 1 saturated heterocycles. The first-order chi connectivity index (χ1) is 13.2. The Morgan fingerprint density at radius 1 is 1.11 bits per heavy atom. The van der Waals surface area contributed by atoms with Crippen LogP contribution in [0.15, 0.2) is 35.6 Å². The molecule has 7 nitrogen and oxygen atoms in total. The van der Waals surface area contributed by atoms with Crippen molar-refractivity contribution in [3.8, 4) is 11.5 Å². The van der Waals surface area contributed by atoms with Crippen LogP contribution in [0.25, 0.3) is 0 Å². The van der Waals surface area contributed by atoms with Gasteiger partial charge in [-0.2, -0.15) is 4.31 Å². The van der Waals surface area contributed by atoms with Gasteiger partial charge in [0.15, 0.2) is 17.3 Å². The Bertz CT molecular complexity index is 1030. The average Bonchev–Trinajstić information content (AvgIpc) is 2.65. The molecule has 2 atom stereocenters. The third-order valence-electron chi connectivity index (χ3n) is 6.00. The molecule has 0 N–H and O–H groups in total. The first kappa shape index (κ1) is 19.0. The normalized spacial score (nSPS) is 26.6. The lowest BCUT2D eigenvalue weighted by atomic mass is 9.59. The number of allylic oxidation sites excluding steroid dienone is 2. The summed E-state index contributed by atoms with van der Waals surface area (Å²) in [6.45, 7) is 0.371. The monoisotopic (exact) mass is 405 g/mol. The lowest BCUT2D eigenvalue weighted by Crippen LogP contribution is -2.57. The number of ketones is 1. The zero-order chi connectivity index (χ0) is 20.3.